The fourth-order valence-corrected chi connectivity index (χ4v) is 2.37. The first kappa shape index (κ1) is 11.2. The monoisotopic (exact) mass is 213 g/mol. The van der Waals surface area contributed by atoms with Crippen molar-refractivity contribution in [3.8, 4) is 0 Å². The zero-order valence-corrected chi connectivity index (χ0v) is 10.2. The van der Waals surface area contributed by atoms with E-state index in [0.717, 1.165) is 6.42 Å². The average Bonchev–Trinajstić information content (AvgIpc) is 2.32. The third-order valence-corrected chi connectivity index (χ3v) is 3.31. The zero-order valence-electron chi connectivity index (χ0n) is 10.2. The summed E-state index contributed by atoms with van der Waals surface area (Å²) in [4.78, 5) is 0. The highest BCUT2D eigenvalue weighted by Gasteiger charge is 2.10. The highest BCUT2D eigenvalue weighted by Crippen LogP contribution is 2.27. The van der Waals surface area contributed by atoms with Crippen molar-refractivity contribution in [3.63, 3.8) is 0 Å². The molecule has 0 fully saturated rings. The van der Waals surface area contributed by atoms with Gasteiger partial charge in [-0.05, 0) is 42.3 Å². The summed E-state index contributed by atoms with van der Waals surface area (Å²) in [5.74, 6) is 0. The maximum Gasteiger partial charge on any atom is 0.0321 e. The Kier molecular flexibility index (Phi) is 3.25. The molecule has 0 spiro atoms. The van der Waals surface area contributed by atoms with Gasteiger partial charge < -0.3 is 5.32 Å². The van der Waals surface area contributed by atoms with Crippen molar-refractivity contribution in [3.05, 3.63) is 47.5 Å². The first-order chi connectivity index (χ1) is 7.77. The number of hydrogen-bond donors (Lipinski definition) is 1. The van der Waals surface area contributed by atoms with Gasteiger partial charge in [-0.25, -0.2) is 0 Å². The molecule has 84 valence electrons. The van der Waals surface area contributed by atoms with Crippen molar-refractivity contribution in [1.82, 2.24) is 5.32 Å². The largest absolute Gasteiger partial charge is 0.313 e. The molecular weight excluding hydrogens is 194 g/mol. The van der Waals surface area contributed by atoms with Crippen LogP contribution in [0.4, 0.5) is 0 Å². The smallest absolute Gasteiger partial charge is 0.0321 e. The van der Waals surface area contributed by atoms with Gasteiger partial charge in [0.15, 0.2) is 0 Å². The first-order valence-electron chi connectivity index (χ1n) is 5.93. The highest BCUT2D eigenvalue weighted by atomic mass is 14.9. The van der Waals surface area contributed by atoms with Crippen molar-refractivity contribution in [1.29, 1.82) is 0 Å². The molecule has 1 heteroatoms. The Morgan fingerprint density at radius 1 is 1.06 bits per heavy atom. The molecule has 2 rings (SSSR count). The first-order valence-corrected chi connectivity index (χ1v) is 5.93. The summed E-state index contributed by atoms with van der Waals surface area (Å²) in [6.07, 6.45) is 1.11. The second-order valence-corrected chi connectivity index (χ2v) is 4.27. The van der Waals surface area contributed by atoms with Crippen LogP contribution in [0.25, 0.3) is 10.8 Å². The number of rotatable bonds is 3. The van der Waals surface area contributed by atoms with Gasteiger partial charge >= 0.3 is 0 Å². The molecule has 0 saturated heterocycles. The van der Waals surface area contributed by atoms with Crippen LogP contribution in [0, 0.1) is 6.92 Å². The molecule has 1 atom stereocenters. The predicted octanol–water partition coefficient (Wildman–Crippen LogP) is 3.82. The lowest BCUT2D eigenvalue weighted by molar-refractivity contribution is 0.581. The van der Waals surface area contributed by atoms with E-state index < -0.39 is 0 Å². The summed E-state index contributed by atoms with van der Waals surface area (Å²) in [6.45, 7) is 4.39. The summed E-state index contributed by atoms with van der Waals surface area (Å²) >= 11 is 0. The van der Waals surface area contributed by atoms with Crippen LogP contribution in [-0.2, 0) is 0 Å². The van der Waals surface area contributed by atoms with Gasteiger partial charge in [-0.2, -0.15) is 0 Å². The molecule has 0 bridgehead atoms. The second kappa shape index (κ2) is 4.67. The minimum atomic E-state index is 0.450. The van der Waals surface area contributed by atoms with Crippen molar-refractivity contribution < 1.29 is 0 Å². The van der Waals surface area contributed by atoms with Gasteiger partial charge in [-0.15, -0.1) is 0 Å². The third-order valence-electron chi connectivity index (χ3n) is 3.31. The van der Waals surface area contributed by atoms with Crippen molar-refractivity contribution >= 4 is 10.8 Å². The Morgan fingerprint density at radius 2 is 1.75 bits per heavy atom. The Hall–Kier alpha value is -1.34. The van der Waals surface area contributed by atoms with Crippen LogP contribution < -0.4 is 5.32 Å². The number of hydrogen-bond acceptors (Lipinski definition) is 1. The quantitative estimate of drug-likeness (QED) is 0.817. The molecule has 0 amide bonds. The highest BCUT2D eigenvalue weighted by molar-refractivity contribution is 5.88. The van der Waals surface area contributed by atoms with Gasteiger partial charge in [-0.3, -0.25) is 0 Å². The molecule has 0 aliphatic carbocycles. The maximum atomic E-state index is 3.38. The van der Waals surface area contributed by atoms with E-state index in [2.05, 4.69) is 55.6 Å². The molecule has 2 aromatic rings. The zero-order chi connectivity index (χ0) is 11.5. The summed E-state index contributed by atoms with van der Waals surface area (Å²) in [5, 5.41) is 6.13. The van der Waals surface area contributed by atoms with Crippen LogP contribution in [0.2, 0.25) is 0 Å². The molecule has 0 aliphatic rings. The lowest BCUT2D eigenvalue weighted by Gasteiger charge is -2.17. The molecule has 0 aromatic heterocycles. The van der Waals surface area contributed by atoms with Crippen molar-refractivity contribution in [2.45, 2.75) is 26.3 Å². The van der Waals surface area contributed by atoms with E-state index in [1.165, 1.54) is 21.9 Å². The van der Waals surface area contributed by atoms with Gasteiger partial charge in [0.1, 0.15) is 0 Å². The molecular formula is C15H19N. The van der Waals surface area contributed by atoms with E-state index in [-0.39, 0.29) is 0 Å². The van der Waals surface area contributed by atoms with Crippen LogP contribution in [-0.4, -0.2) is 7.05 Å². The van der Waals surface area contributed by atoms with Gasteiger partial charge in [0.2, 0.25) is 0 Å². The maximum absolute atomic E-state index is 3.38. The molecule has 1 nitrogen and oxygen atoms in total. The Balaban J connectivity index is 2.66. The Morgan fingerprint density at radius 3 is 2.44 bits per heavy atom. The van der Waals surface area contributed by atoms with Gasteiger partial charge in [0, 0.05) is 6.04 Å². The molecule has 1 unspecified atom stereocenters. The minimum Gasteiger partial charge on any atom is -0.313 e. The lowest BCUT2D eigenvalue weighted by Crippen LogP contribution is -2.15. The number of aryl methyl sites for hydroxylation is 1. The summed E-state index contributed by atoms with van der Waals surface area (Å²) < 4.78 is 0. The topological polar surface area (TPSA) is 12.0 Å². The fraction of sp³-hybridized carbons (Fsp3) is 0.333. The van der Waals surface area contributed by atoms with Crippen molar-refractivity contribution in [2.75, 3.05) is 7.05 Å². The number of fused-ring (bicyclic) bond motifs is 1. The van der Waals surface area contributed by atoms with Gasteiger partial charge in [0.25, 0.3) is 0 Å². The van der Waals surface area contributed by atoms with E-state index in [4.69, 9.17) is 0 Å². The van der Waals surface area contributed by atoms with Gasteiger partial charge in [-0.1, -0.05) is 43.3 Å². The van der Waals surface area contributed by atoms with Crippen LogP contribution in [0.3, 0.4) is 0 Å². The van der Waals surface area contributed by atoms with E-state index in [0.29, 0.717) is 6.04 Å². The number of benzene rings is 2. The van der Waals surface area contributed by atoms with Crippen LogP contribution in [0.5, 0.6) is 0 Å². The van der Waals surface area contributed by atoms with Crippen LogP contribution in [0.1, 0.15) is 30.5 Å². The molecule has 0 saturated carbocycles. The molecule has 0 radical (unpaired) electrons. The SMILES string of the molecule is CCC(NC)c1cccc2c(C)cccc12. The molecule has 0 aliphatic heterocycles. The molecule has 2 aromatic carbocycles. The van der Waals surface area contributed by atoms with Crippen LogP contribution >= 0.6 is 0 Å². The minimum absolute atomic E-state index is 0.450. The second-order valence-electron chi connectivity index (χ2n) is 4.27. The Labute approximate surface area is 97.5 Å². The van der Waals surface area contributed by atoms with E-state index in [1.807, 2.05) is 7.05 Å². The number of nitrogens with one attached hydrogen (secondary N) is 1. The van der Waals surface area contributed by atoms with E-state index in [1.54, 1.807) is 0 Å². The summed E-state index contributed by atoms with van der Waals surface area (Å²) in [5.41, 5.74) is 2.76. The molecule has 1 N–H and O–H groups in total. The third kappa shape index (κ3) is 1.83. The van der Waals surface area contributed by atoms with Crippen LogP contribution in [0.15, 0.2) is 36.4 Å². The lowest BCUT2D eigenvalue weighted by atomic mass is 9.95. The van der Waals surface area contributed by atoms with Gasteiger partial charge in [0.05, 0.1) is 0 Å². The van der Waals surface area contributed by atoms with E-state index >= 15 is 0 Å². The molecule has 16 heavy (non-hydrogen) atoms. The normalized spacial score (nSPS) is 12.9. The fourth-order valence-electron chi connectivity index (χ4n) is 2.37. The summed E-state index contributed by atoms with van der Waals surface area (Å²) in [6, 6.07) is 13.6. The predicted molar refractivity (Wildman–Crippen MR) is 70.8 cm³/mol. The Bertz CT molecular complexity index is 484. The summed E-state index contributed by atoms with van der Waals surface area (Å²) in [7, 11) is 2.03. The average molecular weight is 213 g/mol. The van der Waals surface area contributed by atoms with Crippen molar-refractivity contribution in [2.24, 2.45) is 0 Å². The standard InChI is InChI=1S/C15H19N/c1-4-15(16-3)14-10-6-8-12-11(2)7-5-9-13(12)14/h5-10,15-16H,4H2,1-3H3. The van der Waals surface area contributed by atoms with E-state index in [9.17, 15) is 0 Å². The molecule has 0 heterocycles.